The molecule has 0 unspecified atom stereocenters. The zero-order valence-electron chi connectivity index (χ0n) is 10.1. The number of nitrogens with zero attached hydrogens (tertiary/aromatic N) is 2. The van der Waals surface area contributed by atoms with Crippen LogP contribution in [-0.4, -0.2) is 35.4 Å². The Morgan fingerprint density at radius 1 is 1.41 bits per heavy atom. The van der Waals surface area contributed by atoms with Crippen molar-refractivity contribution in [3.05, 3.63) is 22.8 Å². The average molecular weight is 257 g/mol. The molecule has 94 valence electrons. The van der Waals surface area contributed by atoms with Gasteiger partial charge in [0.1, 0.15) is 5.82 Å². The third kappa shape index (κ3) is 2.89. The summed E-state index contributed by atoms with van der Waals surface area (Å²) in [6, 6.07) is 3.66. The number of aliphatic hydroxyl groups excluding tert-OH is 1. The Morgan fingerprint density at radius 3 is 2.65 bits per heavy atom. The number of aliphatic hydroxyl groups is 1. The van der Waals surface area contributed by atoms with E-state index in [9.17, 15) is 0 Å². The van der Waals surface area contributed by atoms with Crippen LogP contribution in [0.1, 0.15) is 19.5 Å². The first-order chi connectivity index (χ1) is 8.10. The van der Waals surface area contributed by atoms with Gasteiger partial charge in [0.05, 0.1) is 29.5 Å². The van der Waals surface area contributed by atoms with Crippen molar-refractivity contribution >= 4 is 17.4 Å². The first kappa shape index (κ1) is 12.6. The summed E-state index contributed by atoms with van der Waals surface area (Å²) in [7, 11) is 0. The summed E-state index contributed by atoms with van der Waals surface area (Å²) >= 11 is 5.93. The Kier molecular flexibility index (Phi) is 3.86. The molecule has 1 saturated heterocycles. The minimum atomic E-state index is -0.137. The Morgan fingerprint density at radius 2 is 2.06 bits per heavy atom. The van der Waals surface area contributed by atoms with E-state index in [2.05, 4.69) is 9.88 Å². The molecule has 2 atom stereocenters. The fourth-order valence-corrected chi connectivity index (χ4v) is 2.29. The standard InChI is InChI=1S/C12H17ClN2O2/c1-8-5-15(6-9(2)17-8)12-4-3-10(13)11(7-16)14-12/h3-4,8-9,16H,5-7H2,1-2H3/t8-,9+. The van der Waals surface area contributed by atoms with E-state index in [1.807, 2.05) is 19.9 Å². The van der Waals surface area contributed by atoms with E-state index in [1.54, 1.807) is 6.07 Å². The van der Waals surface area contributed by atoms with Crippen molar-refractivity contribution in [1.82, 2.24) is 4.98 Å². The van der Waals surface area contributed by atoms with Crippen LogP contribution in [0.3, 0.4) is 0 Å². The van der Waals surface area contributed by atoms with Gasteiger partial charge in [0.15, 0.2) is 0 Å². The lowest BCUT2D eigenvalue weighted by molar-refractivity contribution is -0.00547. The molecule has 1 aliphatic rings. The molecule has 1 aromatic heterocycles. The van der Waals surface area contributed by atoms with Gasteiger partial charge in [0.25, 0.3) is 0 Å². The summed E-state index contributed by atoms with van der Waals surface area (Å²) in [5.41, 5.74) is 0.524. The minimum Gasteiger partial charge on any atom is -0.390 e. The molecule has 2 heterocycles. The molecule has 1 fully saturated rings. The van der Waals surface area contributed by atoms with Crippen LogP contribution in [0.2, 0.25) is 5.02 Å². The highest BCUT2D eigenvalue weighted by Gasteiger charge is 2.23. The van der Waals surface area contributed by atoms with Crippen LogP contribution in [0.25, 0.3) is 0 Å². The van der Waals surface area contributed by atoms with Gasteiger partial charge in [-0.25, -0.2) is 4.98 Å². The van der Waals surface area contributed by atoms with E-state index in [1.165, 1.54) is 0 Å². The maximum Gasteiger partial charge on any atom is 0.129 e. The van der Waals surface area contributed by atoms with E-state index in [4.69, 9.17) is 21.4 Å². The van der Waals surface area contributed by atoms with Crippen molar-refractivity contribution in [3.63, 3.8) is 0 Å². The summed E-state index contributed by atoms with van der Waals surface area (Å²) in [6.07, 6.45) is 0.377. The van der Waals surface area contributed by atoms with Gasteiger partial charge in [-0.2, -0.15) is 0 Å². The number of halogens is 1. The van der Waals surface area contributed by atoms with Crippen molar-refractivity contribution in [1.29, 1.82) is 0 Å². The van der Waals surface area contributed by atoms with Crippen molar-refractivity contribution < 1.29 is 9.84 Å². The summed E-state index contributed by atoms with van der Waals surface area (Å²) in [6.45, 7) is 5.58. The molecule has 0 bridgehead atoms. The second-order valence-electron chi connectivity index (χ2n) is 4.42. The summed E-state index contributed by atoms with van der Waals surface area (Å²) in [5, 5.41) is 9.66. The molecule has 1 N–H and O–H groups in total. The molecule has 2 rings (SSSR count). The van der Waals surface area contributed by atoms with Crippen molar-refractivity contribution in [2.75, 3.05) is 18.0 Å². The van der Waals surface area contributed by atoms with Gasteiger partial charge in [-0.15, -0.1) is 0 Å². The normalized spacial score (nSPS) is 25.1. The molecule has 0 amide bonds. The monoisotopic (exact) mass is 256 g/mol. The minimum absolute atomic E-state index is 0.137. The molecule has 0 spiro atoms. The molecule has 0 aromatic carbocycles. The largest absolute Gasteiger partial charge is 0.390 e. The molecule has 17 heavy (non-hydrogen) atoms. The topological polar surface area (TPSA) is 45.6 Å². The zero-order chi connectivity index (χ0) is 12.4. The van der Waals surface area contributed by atoms with E-state index in [0.29, 0.717) is 10.7 Å². The van der Waals surface area contributed by atoms with Crippen LogP contribution in [0.5, 0.6) is 0 Å². The molecule has 0 aliphatic carbocycles. The maximum absolute atomic E-state index is 9.16. The Hall–Kier alpha value is -0.840. The highest BCUT2D eigenvalue weighted by molar-refractivity contribution is 6.31. The summed E-state index contributed by atoms with van der Waals surface area (Å²) < 4.78 is 5.67. The lowest BCUT2D eigenvalue weighted by atomic mass is 10.2. The number of rotatable bonds is 2. The summed E-state index contributed by atoms with van der Waals surface area (Å²) in [4.78, 5) is 6.53. The van der Waals surface area contributed by atoms with Gasteiger partial charge < -0.3 is 14.7 Å². The lowest BCUT2D eigenvalue weighted by Crippen LogP contribution is -2.45. The Bertz CT molecular complexity index is 390. The van der Waals surface area contributed by atoms with Crippen LogP contribution in [0.4, 0.5) is 5.82 Å². The Labute approximate surface area is 106 Å². The first-order valence-electron chi connectivity index (χ1n) is 5.77. The van der Waals surface area contributed by atoms with Crippen molar-refractivity contribution in [3.8, 4) is 0 Å². The highest BCUT2D eigenvalue weighted by Crippen LogP contribution is 2.22. The van der Waals surface area contributed by atoms with Gasteiger partial charge in [0.2, 0.25) is 0 Å². The van der Waals surface area contributed by atoms with E-state index < -0.39 is 0 Å². The van der Waals surface area contributed by atoms with Gasteiger partial charge in [0, 0.05) is 13.1 Å². The van der Waals surface area contributed by atoms with Crippen LogP contribution >= 0.6 is 11.6 Å². The van der Waals surface area contributed by atoms with Gasteiger partial charge in [-0.3, -0.25) is 0 Å². The average Bonchev–Trinajstić information content (AvgIpc) is 2.28. The van der Waals surface area contributed by atoms with Crippen LogP contribution in [-0.2, 0) is 11.3 Å². The summed E-state index contributed by atoms with van der Waals surface area (Å²) in [5.74, 6) is 0.848. The van der Waals surface area contributed by atoms with Crippen LogP contribution in [0, 0.1) is 0 Å². The first-order valence-corrected chi connectivity index (χ1v) is 6.14. The molecule has 0 radical (unpaired) electrons. The second kappa shape index (κ2) is 5.21. The number of aromatic nitrogens is 1. The molecular weight excluding hydrogens is 240 g/mol. The molecular formula is C12H17ClN2O2. The molecule has 1 aromatic rings. The maximum atomic E-state index is 9.16. The van der Waals surface area contributed by atoms with Crippen molar-refractivity contribution in [2.24, 2.45) is 0 Å². The Balaban J connectivity index is 2.21. The fourth-order valence-electron chi connectivity index (χ4n) is 2.12. The number of ether oxygens (including phenoxy) is 1. The van der Waals surface area contributed by atoms with E-state index in [-0.39, 0.29) is 18.8 Å². The predicted octanol–water partition coefficient (Wildman–Crippen LogP) is 1.84. The quantitative estimate of drug-likeness (QED) is 0.877. The smallest absolute Gasteiger partial charge is 0.129 e. The zero-order valence-corrected chi connectivity index (χ0v) is 10.8. The third-order valence-electron chi connectivity index (χ3n) is 2.80. The number of anilines is 1. The van der Waals surface area contributed by atoms with Crippen LogP contribution in [0.15, 0.2) is 12.1 Å². The molecule has 1 aliphatic heterocycles. The molecule has 4 nitrogen and oxygen atoms in total. The molecule has 0 saturated carbocycles. The predicted molar refractivity (Wildman–Crippen MR) is 67.4 cm³/mol. The lowest BCUT2D eigenvalue weighted by Gasteiger charge is -2.36. The highest BCUT2D eigenvalue weighted by atomic mass is 35.5. The molecule has 5 heteroatoms. The fraction of sp³-hybridized carbons (Fsp3) is 0.583. The number of hydrogen-bond acceptors (Lipinski definition) is 4. The second-order valence-corrected chi connectivity index (χ2v) is 4.83. The van der Waals surface area contributed by atoms with Gasteiger partial charge >= 0.3 is 0 Å². The number of pyridine rings is 1. The van der Waals surface area contributed by atoms with E-state index >= 15 is 0 Å². The SMILES string of the molecule is C[C@@H]1CN(c2ccc(Cl)c(CO)n2)C[C@H](C)O1. The van der Waals surface area contributed by atoms with Crippen molar-refractivity contribution in [2.45, 2.75) is 32.7 Å². The van der Waals surface area contributed by atoms with Gasteiger partial charge in [-0.1, -0.05) is 11.6 Å². The number of hydrogen-bond donors (Lipinski definition) is 1. The van der Waals surface area contributed by atoms with E-state index in [0.717, 1.165) is 18.9 Å². The van der Waals surface area contributed by atoms with Crippen LogP contribution < -0.4 is 4.90 Å². The number of morpholine rings is 1. The van der Waals surface area contributed by atoms with Gasteiger partial charge in [-0.05, 0) is 26.0 Å². The third-order valence-corrected chi connectivity index (χ3v) is 3.14.